The van der Waals surface area contributed by atoms with Crippen molar-refractivity contribution in [3.8, 4) is 0 Å². The summed E-state index contributed by atoms with van der Waals surface area (Å²) in [5.74, 6) is 0. The number of aliphatic hydroxyl groups excluding tert-OH is 1. The molecule has 0 saturated carbocycles. The first kappa shape index (κ1) is 19.0. The van der Waals surface area contributed by atoms with Gasteiger partial charge in [-0.25, -0.2) is 0 Å². The predicted molar refractivity (Wildman–Crippen MR) is 85.4 cm³/mol. The van der Waals surface area contributed by atoms with E-state index in [2.05, 4.69) is 0 Å². The first-order valence-electron chi connectivity index (χ1n) is 6.35. The van der Waals surface area contributed by atoms with E-state index in [-0.39, 0.29) is 13.0 Å². The fourth-order valence-electron chi connectivity index (χ4n) is 1.80. The summed E-state index contributed by atoms with van der Waals surface area (Å²) in [6.07, 6.45) is -1.16. The second-order valence-electron chi connectivity index (χ2n) is 4.48. The van der Waals surface area contributed by atoms with Gasteiger partial charge in [-0.15, -0.1) is 0 Å². The summed E-state index contributed by atoms with van der Waals surface area (Å²) in [7, 11) is -4.03. The van der Waals surface area contributed by atoms with Crippen LogP contribution in [-0.4, -0.2) is 35.3 Å². The minimum Gasteiger partial charge on any atom is -0.387 e. The van der Waals surface area contributed by atoms with Crippen LogP contribution in [0.5, 0.6) is 0 Å². The maximum absolute atomic E-state index is 12.1. The van der Waals surface area contributed by atoms with Gasteiger partial charge in [0.05, 0.1) is 6.61 Å². The van der Waals surface area contributed by atoms with Gasteiger partial charge < -0.3 is 5.11 Å². The molecular formula is C13H17Cl3O4S. The van der Waals surface area contributed by atoms with Crippen molar-refractivity contribution in [1.29, 1.82) is 0 Å². The second kappa shape index (κ2) is 7.99. The quantitative estimate of drug-likeness (QED) is 0.587. The number of aliphatic hydroxyl groups is 1. The number of hydrogen-bond acceptors (Lipinski definition) is 4. The van der Waals surface area contributed by atoms with Crippen LogP contribution in [0, 0.1) is 0 Å². The molecule has 0 saturated heterocycles. The topological polar surface area (TPSA) is 63.6 Å². The SMILES string of the molecule is CC[C@H]([C@@H](O)C(Cl)(Cl)Cl)S(=O)(=O)OCCc1ccccc1. The Morgan fingerprint density at radius 1 is 1.24 bits per heavy atom. The molecule has 0 spiro atoms. The molecule has 0 aliphatic rings. The molecule has 1 N–H and O–H groups in total. The van der Waals surface area contributed by atoms with Crippen LogP contribution >= 0.6 is 34.8 Å². The van der Waals surface area contributed by atoms with Gasteiger partial charge in [-0.1, -0.05) is 72.1 Å². The van der Waals surface area contributed by atoms with Crippen LogP contribution in [0.25, 0.3) is 0 Å². The van der Waals surface area contributed by atoms with Crippen molar-refractivity contribution in [3.63, 3.8) is 0 Å². The third-order valence-corrected chi connectivity index (χ3v) is 5.44. The van der Waals surface area contributed by atoms with Crippen LogP contribution in [0.3, 0.4) is 0 Å². The van der Waals surface area contributed by atoms with Crippen LogP contribution in [0.1, 0.15) is 18.9 Å². The monoisotopic (exact) mass is 374 g/mol. The second-order valence-corrected chi connectivity index (χ2v) is 8.68. The molecule has 8 heteroatoms. The molecule has 1 rings (SSSR count). The molecule has 0 aromatic heterocycles. The van der Waals surface area contributed by atoms with Gasteiger partial charge in [-0.05, 0) is 18.4 Å². The molecule has 1 aromatic carbocycles. The zero-order valence-corrected chi connectivity index (χ0v) is 14.5. The van der Waals surface area contributed by atoms with E-state index in [0.29, 0.717) is 6.42 Å². The Balaban J connectivity index is 2.66. The number of halogens is 3. The molecule has 0 heterocycles. The summed E-state index contributed by atoms with van der Waals surface area (Å²) < 4.78 is 27.0. The van der Waals surface area contributed by atoms with Gasteiger partial charge in [-0.2, -0.15) is 8.42 Å². The van der Waals surface area contributed by atoms with Gasteiger partial charge in [0.15, 0.2) is 0 Å². The molecule has 120 valence electrons. The number of alkyl halides is 3. The Morgan fingerprint density at radius 3 is 2.29 bits per heavy atom. The molecule has 0 unspecified atom stereocenters. The minimum absolute atomic E-state index is 0.0323. The largest absolute Gasteiger partial charge is 0.387 e. The number of rotatable bonds is 7. The highest BCUT2D eigenvalue weighted by atomic mass is 35.6. The smallest absolute Gasteiger partial charge is 0.272 e. The van der Waals surface area contributed by atoms with E-state index in [1.54, 1.807) is 6.92 Å². The van der Waals surface area contributed by atoms with Gasteiger partial charge in [0.2, 0.25) is 3.79 Å². The lowest BCUT2D eigenvalue weighted by atomic mass is 10.2. The molecule has 0 radical (unpaired) electrons. The molecule has 21 heavy (non-hydrogen) atoms. The van der Waals surface area contributed by atoms with Crippen LogP contribution in [0.4, 0.5) is 0 Å². The van der Waals surface area contributed by atoms with Crippen LogP contribution in [-0.2, 0) is 20.7 Å². The van der Waals surface area contributed by atoms with Gasteiger partial charge in [0.1, 0.15) is 11.4 Å². The lowest BCUT2D eigenvalue weighted by molar-refractivity contribution is 0.162. The number of hydrogen-bond donors (Lipinski definition) is 1. The Labute approximate surface area is 140 Å². The van der Waals surface area contributed by atoms with Crippen LogP contribution < -0.4 is 0 Å². The summed E-state index contributed by atoms with van der Waals surface area (Å²) in [5.41, 5.74) is 0.947. The highest BCUT2D eigenvalue weighted by molar-refractivity contribution is 7.87. The first-order valence-corrected chi connectivity index (χ1v) is 8.96. The van der Waals surface area contributed by atoms with Crippen molar-refractivity contribution in [3.05, 3.63) is 35.9 Å². The Hall–Kier alpha value is -0.0400. The first-order chi connectivity index (χ1) is 9.68. The highest BCUT2D eigenvalue weighted by Crippen LogP contribution is 2.35. The average Bonchev–Trinajstić information content (AvgIpc) is 2.39. The van der Waals surface area contributed by atoms with Crippen LogP contribution in [0.2, 0.25) is 0 Å². The molecule has 1 aromatic rings. The summed E-state index contributed by atoms with van der Waals surface area (Å²) in [6.45, 7) is 1.54. The van der Waals surface area contributed by atoms with Gasteiger partial charge in [-0.3, -0.25) is 4.18 Å². The fourth-order valence-corrected chi connectivity index (χ4v) is 3.90. The standard InChI is InChI=1S/C13H17Cl3O4S/c1-2-11(12(17)13(14,15)16)21(18,19)20-9-8-10-6-4-3-5-7-10/h3-7,11-12,17H,2,8-9H2,1H3/t11-,12-/m1/s1. The zero-order chi connectivity index (χ0) is 16.1. The molecule has 2 atom stereocenters. The molecule has 4 nitrogen and oxygen atoms in total. The van der Waals surface area contributed by atoms with Crippen molar-refractivity contribution >= 4 is 44.9 Å². The lowest BCUT2D eigenvalue weighted by Gasteiger charge is -2.26. The van der Waals surface area contributed by atoms with E-state index in [1.165, 1.54) is 0 Å². The highest BCUT2D eigenvalue weighted by Gasteiger charge is 2.43. The molecular weight excluding hydrogens is 359 g/mol. The van der Waals surface area contributed by atoms with E-state index in [0.717, 1.165) is 5.56 Å². The molecule has 0 aliphatic heterocycles. The van der Waals surface area contributed by atoms with E-state index in [4.69, 9.17) is 39.0 Å². The van der Waals surface area contributed by atoms with Crippen molar-refractivity contribution in [2.45, 2.75) is 34.9 Å². The summed E-state index contributed by atoms with van der Waals surface area (Å²) >= 11 is 16.7. The lowest BCUT2D eigenvalue weighted by Crippen LogP contribution is -2.43. The Kier molecular flexibility index (Phi) is 7.24. The van der Waals surface area contributed by atoms with E-state index in [1.807, 2.05) is 30.3 Å². The molecule has 0 aliphatic carbocycles. The summed E-state index contributed by atoms with van der Waals surface area (Å²) in [4.78, 5) is 0. The molecule has 0 fully saturated rings. The van der Waals surface area contributed by atoms with E-state index < -0.39 is 25.3 Å². The van der Waals surface area contributed by atoms with Crippen molar-refractivity contribution < 1.29 is 17.7 Å². The maximum atomic E-state index is 12.1. The fraction of sp³-hybridized carbons (Fsp3) is 0.538. The van der Waals surface area contributed by atoms with Crippen molar-refractivity contribution in [1.82, 2.24) is 0 Å². The summed E-state index contributed by atoms with van der Waals surface area (Å²) in [5, 5.41) is 8.55. The van der Waals surface area contributed by atoms with Gasteiger partial charge in [0, 0.05) is 0 Å². The predicted octanol–water partition coefficient (Wildman–Crippen LogP) is 3.09. The Bertz CT molecular complexity index is 528. The van der Waals surface area contributed by atoms with E-state index in [9.17, 15) is 13.5 Å². The molecule has 0 amide bonds. The van der Waals surface area contributed by atoms with E-state index >= 15 is 0 Å². The van der Waals surface area contributed by atoms with Gasteiger partial charge in [0.25, 0.3) is 10.1 Å². The van der Waals surface area contributed by atoms with Crippen molar-refractivity contribution in [2.24, 2.45) is 0 Å². The third-order valence-electron chi connectivity index (χ3n) is 2.94. The van der Waals surface area contributed by atoms with Crippen molar-refractivity contribution in [2.75, 3.05) is 6.61 Å². The Morgan fingerprint density at radius 2 is 1.81 bits per heavy atom. The number of benzene rings is 1. The normalized spacial score (nSPS) is 15.7. The average molecular weight is 376 g/mol. The maximum Gasteiger partial charge on any atom is 0.272 e. The van der Waals surface area contributed by atoms with Crippen LogP contribution in [0.15, 0.2) is 30.3 Å². The molecule has 0 bridgehead atoms. The minimum atomic E-state index is -4.03. The zero-order valence-electron chi connectivity index (χ0n) is 11.4. The third kappa shape index (κ3) is 5.93. The summed E-state index contributed by atoms with van der Waals surface area (Å²) in [6, 6.07) is 9.30. The van der Waals surface area contributed by atoms with Gasteiger partial charge >= 0.3 is 0 Å².